The Labute approximate surface area is 452 Å². The van der Waals surface area contributed by atoms with Crippen molar-refractivity contribution in [3.63, 3.8) is 0 Å². The molecule has 16 heterocycles. The summed E-state index contributed by atoms with van der Waals surface area (Å²) in [5.41, 5.74) is 8.04. The van der Waals surface area contributed by atoms with Gasteiger partial charge < -0.3 is 81.9 Å². The summed E-state index contributed by atoms with van der Waals surface area (Å²) in [6.07, 6.45) is 4.94. The van der Waals surface area contributed by atoms with E-state index in [4.69, 9.17) is 76.8 Å². The first kappa shape index (κ1) is 52.1. The lowest BCUT2D eigenvalue weighted by atomic mass is 9.78. The molecule has 0 aliphatic carbocycles. The first-order chi connectivity index (χ1) is 37.1. The average Bonchev–Trinajstić information content (AvgIpc) is 4.34. The molecular weight excluding hydrogens is 995 g/mol. The molecule has 0 radical (unpaired) electrons. The van der Waals surface area contributed by atoms with Crippen LogP contribution in [0.15, 0.2) is 24.3 Å². The molecule has 0 aromatic carbocycles. The second-order valence-corrected chi connectivity index (χ2v) is 27.0. The summed E-state index contributed by atoms with van der Waals surface area (Å²) in [5, 5.41) is 11.0. The molecule has 18 heteroatoms. The highest BCUT2D eigenvalue weighted by Crippen LogP contribution is 2.58. The van der Waals surface area contributed by atoms with Crippen LogP contribution in [-0.2, 0) is 75.8 Å². The number of esters is 1. The molecule has 16 aliphatic rings. The molecular formula is C59H85NO17. The summed E-state index contributed by atoms with van der Waals surface area (Å²) in [6, 6.07) is 0. The highest BCUT2D eigenvalue weighted by Gasteiger charge is 2.70. The van der Waals surface area contributed by atoms with Crippen LogP contribution in [0.4, 0.5) is 0 Å². The number of hydrogen-bond acceptors (Lipinski definition) is 18. The van der Waals surface area contributed by atoms with Crippen LogP contribution in [0.25, 0.3) is 0 Å². The maximum atomic E-state index is 14.6. The maximum Gasteiger partial charge on any atom is 0.308 e. The van der Waals surface area contributed by atoms with Crippen molar-refractivity contribution in [2.45, 2.75) is 307 Å². The van der Waals surface area contributed by atoms with Crippen molar-refractivity contribution in [2.24, 2.45) is 29.4 Å². The Kier molecular flexibility index (Phi) is 13.2. The second kappa shape index (κ2) is 19.4. The third-order valence-corrected chi connectivity index (χ3v) is 21.7. The zero-order valence-corrected chi connectivity index (χ0v) is 45.6. The van der Waals surface area contributed by atoms with Crippen LogP contribution in [-0.4, -0.2) is 181 Å². The molecule has 16 fully saturated rings. The van der Waals surface area contributed by atoms with E-state index >= 15 is 0 Å². The van der Waals surface area contributed by atoms with E-state index in [2.05, 4.69) is 40.9 Å². The first-order valence-corrected chi connectivity index (χ1v) is 30.3. The summed E-state index contributed by atoms with van der Waals surface area (Å²) in [4.78, 5) is 14.6. The Bertz CT molecular complexity index is 2290. The van der Waals surface area contributed by atoms with Crippen molar-refractivity contribution < 1.29 is 81.0 Å². The number of rotatable bonds is 2. The molecule has 0 aromatic heterocycles. The number of aliphatic hydroxyl groups is 1. The van der Waals surface area contributed by atoms with E-state index in [0.717, 1.165) is 49.7 Å². The normalized spacial score (nSPS) is 58.6. The van der Waals surface area contributed by atoms with Gasteiger partial charge in [-0.3, -0.25) is 4.79 Å². The molecule has 1 unspecified atom stereocenters. The van der Waals surface area contributed by atoms with Gasteiger partial charge in [0.15, 0.2) is 17.4 Å². The maximum absolute atomic E-state index is 14.6. The standard InChI is InChI=1S/C59H85NO17/c1-26-15-32-7-9-36-27(2)16-34(63-36)11-13-57-24-45-53(76-57)54-55(70-45)56(77-57)52-38(68-54)10-8-33(65-52)17-47(62)71-51-31(6)50-42(66-41(51)19-39(64-32)30(26)5)20-40-44(69-50)23-59(72-40)25-46-49(75-59)29(4)22-58(74-46)21-28(3)48-43(73-58)18-35(61)37(67-48)12-14-60/h26,28-29,31-46,48-56,61H,2,5,7-25,60H2,1,3-4,6H3/t26-,28+,29+,31+,32+,33-,34+,35-,36+,37-,38+,39-,40-,41+,42+,43+,44-,45?,46+,48+,49+,50+,51-,52+,53+,54+,55-,56+,57+,58-,59+/m1/s1. The number of ether oxygens (including phenoxy) is 15. The smallest absolute Gasteiger partial charge is 0.308 e. The molecule has 3 N–H and O–H groups in total. The van der Waals surface area contributed by atoms with E-state index in [-0.39, 0.29) is 152 Å². The lowest BCUT2D eigenvalue weighted by Crippen LogP contribution is -2.62. The predicted molar refractivity (Wildman–Crippen MR) is 270 cm³/mol. The van der Waals surface area contributed by atoms with E-state index in [1.54, 1.807) is 0 Å². The lowest BCUT2D eigenvalue weighted by Gasteiger charge is -2.54. The van der Waals surface area contributed by atoms with Gasteiger partial charge in [0.05, 0.1) is 116 Å². The molecule has 0 saturated carbocycles. The fourth-order valence-electron chi connectivity index (χ4n) is 18.0. The Hall–Kier alpha value is -1.69. The van der Waals surface area contributed by atoms with Crippen LogP contribution in [0, 0.1) is 23.7 Å². The van der Waals surface area contributed by atoms with Crippen molar-refractivity contribution in [1.82, 2.24) is 0 Å². The zero-order chi connectivity index (χ0) is 52.4. The number of fused-ring (bicyclic) bond motifs is 10. The average molecular weight is 1080 g/mol. The molecule has 31 atom stereocenters. The Balaban J connectivity index is 0.664. The van der Waals surface area contributed by atoms with Crippen LogP contribution >= 0.6 is 0 Å². The molecule has 77 heavy (non-hydrogen) atoms. The highest BCUT2D eigenvalue weighted by atomic mass is 16.8. The quantitative estimate of drug-likeness (QED) is 0.258. The third kappa shape index (κ3) is 8.95. The fourth-order valence-corrected chi connectivity index (χ4v) is 18.0. The Morgan fingerprint density at radius 1 is 0.506 bits per heavy atom. The highest BCUT2D eigenvalue weighted by molar-refractivity contribution is 5.70. The summed E-state index contributed by atoms with van der Waals surface area (Å²) in [5.74, 6) is -2.55. The summed E-state index contributed by atoms with van der Waals surface area (Å²) in [6.45, 7) is 18.4. The molecule has 3 spiro atoms. The minimum atomic E-state index is -0.896. The van der Waals surface area contributed by atoms with E-state index in [1.807, 2.05) is 0 Å². The molecule has 16 aliphatic heterocycles. The van der Waals surface area contributed by atoms with Gasteiger partial charge in [0.1, 0.15) is 36.6 Å². The van der Waals surface area contributed by atoms with Crippen LogP contribution in [0.3, 0.4) is 0 Å². The van der Waals surface area contributed by atoms with Gasteiger partial charge in [0, 0.05) is 63.7 Å². The van der Waals surface area contributed by atoms with Crippen LogP contribution in [0.2, 0.25) is 0 Å². The van der Waals surface area contributed by atoms with Gasteiger partial charge in [0.2, 0.25) is 0 Å². The molecule has 16 rings (SSSR count). The number of hydrogen-bond donors (Lipinski definition) is 2. The van der Waals surface area contributed by atoms with Crippen LogP contribution in [0.1, 0.15) is 143 Å². The van der Waals surface area contributed by atoms with Gasteiger partial charge in [-0.2, -0.15) is 0 Å². The summed E-state index contributed by atoms with van der Waals surface area (Å²) < 4.78 is 104. The number of carbonyl (C=O) groups is 1. The van der Waals surface area contributed by atoms with Crippen molar-refractivity contribution >= 4 is 5.97 Å². The monoisotopic (exact) mass is 1080 g/mol. The SMILES string of the molecule is C=C1C[C@@H]2CC[C@@]34CC5O[C@H]6[C@@H](O3)[C@H]3O[C@H](CC[C@@H]3O[C@H]6[C@H]5O4)CC(=O)O[C@@H]3[C@@H](C)[C@@H]4O[C@@H]5C[C@]6(C[C@@H]7O[C@]8(C[C@H](C)[C@@H]9O[C@H](CCN)[C@H](O)C[C@@H]9O8)C[C@H](C)[C@@H]7O6)O[C@@H]5C[C@@H]4O[C@H]3C[C@H]3O[C@@H](CC[C@@H]1O2)C[C@@H](C)C3=C. The molecule has 0 amide bonds. The number of aliphatic hydroxyl groups excluding tert-OH is 1. The van der Waals surface area contributed by atoms with E-state index in [1.165, 1.54) is 0 Å². The minimum absolute atomic E-state index is 0.00844. The molecule has 428 valence electrons. The van der Waals surface area contributed by atoms with Crippen LogP contribution in [0.5, 0.6) is 0 Å². The Morgan fingerprint density at radius 2 is 1.18 bits per heavy atom. The van der Waals surface area contributed by atoms with Gasteiger partial charge in [-0.1, -0.05) is 40.9 Å². The van der Waals surface area contributed by atoms with Crippen LogP contribution < -0.4 is 5.73 Å². The number of carbonyl (C=O) groups excluding carboxylic acids is 1. The van der Waals surface area contributed by atoms with Crippen molar-refractivity contribution in [3.8, 4) is 0 Å². The van der Waals surface area contributed by atoms with Gasteiger partial charge in [-0.05, 0) is 86.8 Å². The largest absolute Gasteiger partial charge is 0.459 e. The predicted octanol–water partition coefficient (Wildman–Crippen LogP) is 5.53. The van der Waals surface area contributed by atoms with Gasteiger partial charge in [0.25, 0.3) is 0 Å². The van der Waals surface area contributed by atoms with Gasteiger partial charge in [-0.25, -0.2) is 0 Å². The topological polar surface area (TPSA) is 202 Å². The van der Waals surface area contributed by atoms with Crippen molar-refractivity contribution in [3.05, 3.63) is 24.3 Å². The second-order valence-electron chi connectivity index (χ2n) is 27.0. The molecule has 0 aromatic rings. The summed E-state index contributed by atoms with van der Waals surface area (Å²) in [7, 11) is 0. The molecule has 12 bridgehead atoms. The third-order valence-electron chi connectivity index (χ3n) is 21.7. The van der Waals surface area contributed by atoms with Gasteiger partial charge in [-0.15, -0.1) is 0 Å². The van der Waals surface area contributed by atoms with Gasteiger partial charge >= 0.3 is 5.97 Å². The van der Waals surface area contributed by atoms with E-state index < -0.39 is 47.9 Å². The molecule has 16 saturated heterocycles. The first-order valence-electron chi connectivity index (χ1n) is 30.3. The molecule has 18 nitrogen and oxygen atoms in total. The van der Waals surface area contributed by atoms with E-state index in [0.29, 0.717) is 77.2 Å². The fraction of sp³-hybridized carbons (Fsp3) is 0.915. The number of nitrogens with two attached hydrogens (primary N) is 1. The van der Waals surface area contributed by atoms with Crippen molar-refractivity contribution in [2.75, 3.05) is 6.54 Å². The van der Waals surface area contributed by atoms with Crippen molar-refractivity contribution in [1.29, 1.82) is 0 Å². The summed E-state index contributed by atoms with van der Waals surface area (Å²) >= 11 is 0. The minimum Gasteiger partial charge on any atom is -0.459 e. The zero-order valence-electron chi connectivity index (χ0n) is 45.6. The van der Waals surface area contributed by atoms with E-state index in [9.17, 15) is 9.90 Å². The lowest BCUT2D eigenvalue weighted by molar-refractivity contribution is -0.371. The Morgan fingerprint density at radius 3 is 2.04 bits per heavy atom.